The summed E-state index contributed by atoms with van der Waals surface area (Å²) < 4.78 is 42.1. The molecule has 0 saturated heterocycles. The molecule has 17 heteroatoms. The average molecular weight is 871 g/mol. The van der Waals surface area contributed by atoms with Crippen molar-refractivity contribution in [1.82, 2.24) is 0 Å². The smallest absolute Gasteiger partial charge is 0.790 e. The summed E-state index contributed by atoms with van der Waals surface area (Å²) in [6.07, 6.45) is 14.8. The maximum atomic E-state index is 9.97. The number of phosphoric acid groups is 3. The summed E-state index contributed by atoms with van der Waals surface area (Å²) in [5.41, 5.74) is 0. The van der Waals surface area contributed by atoms with E-state index in [0.717, 1.165) is 77.0 Å². The quantitative estimate of drug-likeness (QED) is 0.120. The Kier molecular flexibility index (Phi) is 46.0. The van der Waals surface area contributed by atoms with Crippen LogP contribution in [0.3, 0.4) is 0 Å². The number of hydrogen-bond donors (Lipinski definition) is 0. The van der Waals surface area contributed by atoms with Gasteiger partial charge in [-0.1, -0.05) is 97.8 Å². The van der Waals surface area contributed by atoms with Crippen molar-refractivity contribution in [2.75, 3.05) is 19.8 Å². The minimum Gasteiger partial charge on any atom is -0.790 e. The van der Waals surface area contributed by atoms with E-state index in [9.17, 15) is 43.1 Å². The van der Waals surface area contributed by atoms with Crippen molar-refractivity contribution in [3.05, 3.63) is 0 Å². The van der Waals surface area contributed by atoms with E-state index in [1.165, 1.54) is 0 Å². The Hall–Kier alpha value is 3.03. The number of unbranched alkanes of at least 4 members (excludes halogenated alkanes) is 12. The molecule has 0 spiro atoms. The molecule has 0 aromatic carbocycles. The third kappa shape index (κ3) is 62.6. The Morgan fingerprint density at radius 3 is 0.737 bits per heavy atom. The van der Waals surface area contributed by atoms with Crippen LogP contribution in [0.1, 0.15) is 117 Å². The van der Waals surface area contributed by atoms with E-state index in [2.05, 4.69) is 34.3 Å². The number of hydrogen-bond acceptors (Lipinski definition) is 12. The van der Waals surface area contributed by atoms with Gasteiger partial charge in [0.25, 0.3) is 0 Å². The SMILES string of the molecule is CCCCCCCOP(=O)([O-])[O-].CCCCCCCOP(=O)([O-])[O-].CCCCCCCOP(=O)([O-])[O-].[Nd+3].[Nd+3]. The van der Waals surface area contributed by atoms with Gasteiger partial charge in [0, 0.05) is 0 Å². The first-order chi connectivity index (χ1) is 16.7. The van der Waals surface area contributed by atoms with Crippen LogP contribution in [0.5, 0.6) is 0 Å². The topological polar surface area (TPSA) is 217 Å². The van der Waals surface area contributed by atoms with Crippen LogP contribution < -0.4 is 29.4 Å². The second-order valence-electron chi connectivity index (χ2n) is 8.08. The van der Waals surface area contributed by atoms with Gasteiger partial charge in [-0.2, -0.15) is 0 Å². The van der Waals surface area contributed by atoms with Gasteiger partial charge in [0.1, 0.15) is 0 Å². The fourth-order valence-corrected chi connectivity index (χ4v) is 3.70. The van der Waals surface area contributed by atoms with Gasteiger partial charge >= 0.3 is 81.7 Å². The fraction of sp³-hybridized carbons (Fsp3) is 1.00. The van der Waals surface area contributed by atoms with Gasteiger partial charge in [-0.3, -0.25) is 0 Å². The molecule has 0 rings (SSSR count). The second kappa shape index (κ2) is 34.5. The third-order valence-electron chi connectivity index (χ3n) is 4.49. The first-order valence-electron chi connectivity index (χ1n) is 12.7. The van der Waals surface area contributed by atoms with Crippen LogP contribution in [0.2, 0.25) is 0 Å². The Bertz CT molecular complexity index is 519. The molecule has 0 aliphatic heterocycles. The van der Waals surface area contributed by atoms with Crippen LogP contribution in [0.25, 0.3) is 0 Å². The largest absolute Gasteiger partial charge is 3.00 e. The molecule has 2 radical (unpaired) electrons. The van der Waals surface area contributed by atoms with Crippen molar-refractivity contribution in [2.45, 2.75) is 117 Å². The molecule has 0 saturated carbocycles. The van der Waals surface area contributed by atoms with Gasteiger partial charge < -0.3 is 56.6 Å². The number of rotatable bonds is 21. The maximum Gasteiger partial charge on any atom is 3.00 e. The molecule has 0 aliphatic carbocycles. The summed E-state index contributed by atoms with van der Waals surface area (Å²) in [6.45, 7) is 6.40. The maximum absolute atomic E-state index is 9.97. The molecule has 224 valence electrons. The normalized spacial score (nSPS) is 11.3. The van der Waals surface area contributed by atoms with Crippen molar-refractivity contribution in [2.24, 2.45) is 0 Å². The van der Waals surface area contributed by atoms with Gasteiger partial charge in [-0.05, 0) is 19.3 Å². The summed E-state index contributed by atoms with van der Waals surface area (Å²) >= 11 is 0. The van der Waals surface area contributed by atoms with Crippen LogP contribution in [0.15, 0.2) is 0 Å². The van der Waals surface area contributed by atoms with E-state index in [0.29, 0.717) is 19.3 Å². The van der Waals surface area contributed by atoms with E-state index in [1.54, 1.807) is 0 Å². The minimum atomic E-state index is -4.72. The predicted octanol–water partition coefficient (Wildman–Crippen LogP) is 2.41. The first-order valence-corrected chi connectivity index (χ1v) is 17.1. The zero-order valence-electron chi connectivity index (χ0n) is 23.0. The van der Waals surface area contributed by atoms with Crippen molar-refractivity contribution in [3.8, 4) is 0 Å². The molecular weight excluding hydrogens is 826 g/mol. The third-order valence-corrected chi connectivity index (χ3v) is 5.99. The molecule has 0 heterocycles. The van der Waals surface area contributed by atoms with Crippen molar-refractivity contribution in [3.63, 3.8) is 0 Å². The summed E-state index contributed by atoms with van der Waals surface area (Å²) in [6, 6.07) is 0. The molecular formula is C21H45Nd2O12P3. The van der Waals surface area contributed by atoms with Crippen LogP contribution in [0, 0.1) is 81.7 Å². The Morgan fingerprint density at radius 1 is 0.395 bits per heavy atom. The van der Waals surface area contributed by atoms with Gasteiger partial charge in [0.15, 0.2) is 0 Å². The van der Waals surface area contributed by atoms with E-state index < -0.39 is 23.5 Å². The molecule has 0 unspecified atom stereocenters. The fourth-order valence-electron chi connectivity index (χ4n) is 2.65. The summed E-state index contributed by atoms with van der Waals surface area (Å²) in [7, 11) is -14.2. The molecule has 0 aromatic rings. The zero-order chi connectivity index (χ0) is 28.3. The zero-order valence-corrected chi connectivity index (χ0v) is 32.1. The Balaban J connectivity index is -0.000000140. The van der Waals surface area contributed by atoms with Crippen LogP contribution in [-0.4, -0.2) is 19.8 Å². The molecule has 0 aromatic heterocycles. The monoisotopic (exact) mass is 866 g/mol. The summed E-state index contributed by atoms with van der Waals surface area (Å²) in [4.78, 5) is 59.8. The molecule has 0 aliphatic rings. The van der Waals surface area contributed by atoms with Gasteiger partial charge in [0.2, 0.25) is 0 Å². The molecule has 0 amide bonds. The van der Waals surface area contributed by atoms with Gasteiger partial charge in [0.05, 0.1) is 43.3 Å². The molecule has 0 fully saturated rings. The molecule has 0 N–H and O–H groups in total. The van der Waals surface area contributed by atoms with Crippen LogP contribution in [-0.2, 0) is 27.3 Å². The minimum absolute atomic E-state index is 0. The van der Waals surface area contributed by atoms with Crippen LogP contribution in [0.4, 0.5) is 0 Å². The van der Waals surface area contributed by atoms with E-state index in [4.69, 9.17) is 0 Å². The van der Waals surface area contributed by atoms with E-state index in [1.807, 2.05) is 0 Å². The number of phosphoric ester groups is 3. The van der Waals surface area contributed by atoms with Crippen molar-refractivity contribution in [1.29, 1.82) is 0 Å². The van der Waals surface area contributed by atoms with Crippen molar-refractivity contribution >= 4 is 23.5 Å². The molecule has 38 heavy (non-hydrogen) atoms. The standard InChI is InChI=1S/3C7H17O4P.2Nd/c3*1-2-3-4-5-6-7-11-12(8,9)10;;/h3*2-7H2,1H3,(H2,8,9,10);;/q;;;2*+3/p-6. The van der Waals surface area contributed by atoms with Crippen molar-refractivity contribution < 1.29 is 138 Å². The molecule has 0 atom stereocenters. The van der Waals surface area contributed by atoms with Gasteiger partial charge in [-0.25, -0.2) is 0 Å². The first kappa shape index (κ1) is 50.6. The Labute approximate surface area is 295 Å². The average Bonchev–Trinajstić information content (AvgIpc) is 2.74. The van der Waals surface area contributed by atoms with E-state index >= 15 is 0 Å². The summed E-state index contributed by atoms with van der Waals surface area (Å²) in [5, 5.41) is 0. The second-order valence-corrected chi connectivity index (χ2v) is 11.5. The van der Waals surface area contributed by atoms with E-state index in [-0.39, 0.29) is 101 Å². The van der Waals surface area contributed by atoms with Gasteiger partial charge in [-0.15, -0.1) is 0 Å². The predicted molar refractivity (Wildman–Crippen MR) is 127 cm³/mol. The van der Waals surface area contributed by atoms with Crippen LogP contribution >= 0.6 is 23.5 Å². The summed E-state index contributed by atoms with van der Waals surface area (Å²) in [5.74, 6) is 0. The Morgan fingerprint density at radius 2 is 0.579 bits per heavy atom. The molecule has 12 nitrogen and oxygen atoms in total. The molecule has 0 bridgehead atoms.